The average molecular weight is 139 g/mol. The average Bonchev–Trinajstić information content (AvgIpc) is 2.33. The van der Waals surface area contributed by atoms with Crippen molar-refractivity contribution in [2.24, 2.45) is 5.73 Å². The molecule has 0 atom stereocenters. The van der Waals surface area contributed by atoms with Crippen LogP contribution in [0.25, 0.3) is 0 Å². The van der Waals surface area contributed by atoms with Crippen LogP contribution in [-0.2, 0) is 10.3 Å². The Morgan fingerprint density at radius 2 is 2.30 bits per heavy atom. The summed E-state index contributed by atoms with van der Waals surface area (Å²) in [6.07, 6.45) is 3.30. The lowest BCUT2D eigenvalue weighted by molar-refractivity contribution is -0.0571. The van der Waals surface area contributed by atoms with Crippen molar-refractivity contribution in [1.82, 2.24) is 0 Å². The third-order valence-electron chi connectivity index (χ3n) is 1.82. The molecule has 3 nitrogen and oxygen atoms in total. The normalized spacial score (nSPS) is 22.1. The van der Waals surface area contributed by atoms with Gasteiger partial charge in [0.1, 0.15) is 0 Å². The van der Waals surface area contributed by atoms with Crippen LogP contribution in [0.2, 0.25) is 0 Å². The Balaban J connectivity index is 2.27. The molecule has 0 aromatic carbocycles. The van der Waals surface area contributed by atoms with Crippen LogP contribution < -0.4 is 5.73 Å². The molecule has 0 radical (unpaired) electrons. The first kappa shape index (κ1) is 5.95. The van der Waals surface area contributed by atoms with Crippen LogP contribution in [0.1, 0.15) is 5.56 Å². The van der Waals surface area contributed by atoms with E-state index >= 15 is 0 Å². The summed E-state index contributed by atoms with van der Waals surface area (Å²) in [5.41, 5.74) is 6.64. The summed E-state index contributed by atoms with van der Waals surface area (Å²) in [5, 5.41) is 0. The first-order valence-electron chi connectivity index (χ1n) is 3.21. The Hall–Kier alpha value is -0.800. The van der Waals surface area contributed by atoms with Crippen molar-refractivity contribution in [3.63, 3.8) is 0 Å². The van der Waals surface area contributed by atoms with Crippen molar-refractivity contribution < 1.29 is 9.15 Å². The van der Waals surface area contributed by atoms with E-state index in [1.165, 1.54) is 0 Å². The van der Waals surface area contributed by atoms with Gasteiger partial charge in [-0.2, -0.15) is 0 Å². The SMILES string of the molecule is NC1(c2ccoc2)COC1. The number of furan rings is 1. The number of nitrogens with two attached hydrogens (primary N) is 1. The van der Waals surface area contributed by atoms with Crippen molar-refractivity contribution >= 4 is 0 Å². The van der Waals surface area contributed by atoms with E-state index in [-0.39, 0.29) is 5.54 Å². The van der Waals surface area contributed by atoms with Gasteiger partial charge in [-0.3, -0.25) is 0 Å². The summed E-state index contributed by atoms with van der Waals surface area (Å²) < 4.78 is 9.90. The number of rotatable bonds is 1. The second-order valence-corrected chi connectivity index (χ2v) is 2.66. The molecule has 0 aliphatic carbocycles. The van der Waals surface area contributed by atoms with E-state index in [4.69, 9.17) is 14.9 Å². The first-order chi connectivity index (χ1) is 4.81. The minimum atomic E-state index is -0.271. The Kier molecular flexibility index (Phi) is 1.09. The van der Waals surface area contributed by atoms with Gasteiger partial charge in [-0.05, 0) is 6.07 Å². The van der Waals surface area contributed by atoms with Gasteiger partial charge in [-0.25, -0.2) is 0 Å². The molecule has 1 aliphatic heterocycles. The lowest BCUT2D eigenvalue weighted by Gasteiger charge is -2.36. The molecule has 1 fully saturated rings. The maximum absolute atomic E-state index is 5.88. The monoisotopic (exact) mass is 139 g/mol. The Labute approximate surface area is 58.8 Å². The summed E-state index contributed by atoms with van der Waals surface area (Å²) in [4.78, 5) is 0. The van der Waals surface area contributed by atoms with Crippen molar-refractivity contribution in [1.29, 1.82) is 0 Å². The largest absolute Gasteiger partial charge is 0.472 e. The Bertz CT molecular complexity index is 214. The van der Waals surface area contributed by atoms with Gasteiger partial charge in [-0.15, -0.1) is 0 Å². The van der Waals surface area contributed by atoms with Crippen LogP contribution >= 0.6 is 0 Å². The van der Waals surface area contributed by atoms with E-state index in [1.807, 2.05) is 6.07 Å². The van der Waals surface area contributed by atoms with Crippen LogP contribution in [0, 0.1) is 0 Å². The van der Waals surface area contributed by atoms with Crippen LogP contribution in [0.3, 0.4) is 0 Å². The van der Waals surface area contributed by atoms with Crippen LogP contribution in [0.4, 0.5) is 0 Å². The molecule has 10 heavy (non-hydrogen) atoms. The molecule has 2 rings (SSSR count). The molecular weight excluding hydrogens is 130 g/mol. The maximum Gasteiger partial charge on any atom is 0.0954 e. The highest BCUT2D eigenvalue weighted by Crippen LogP contribution is 2.26. The summed E-state index contributed by atoms with van der Waals surface area (Å²) in [6, 6.07) is 1.88. The van der Waals surface area contributed by atoms with Gasteiger partial charge < -0.3 is 14.9 Å². The fourth-order valence-electron chi connectivity index (χ4n) is 1.04. The van der Waals surface area contributed by atoms with Gasteiger partial charge in [0.15, 0.2) is 0 Å². The fourth-order valence-corrected chi connectivity index (χ4v) is 1.04. The van der Waals surface area contributed by atoms with Crippen LogP contribution in [0.15, 0.2) is 23.0 Å². The van der Waals surface area contributed by atoms with E-state index in [9.17, 15) is 0 Å². The van der Waals surface area contributed by atoms with E-state index < -0.39 is 0 Å². The quantitative estimate of drug-likeness (QED) is 0.615. The molecule has 2 heterocycles. The van der Waals surface area contributed by atoms with Gasteiger partial charge in [0.05, 0.1) is 31.3 Å². The molecule has 3 heteroatoms. The van der Waals surface area contributed by atoms with Crippen molar-refractivity contribution in [2.45, 2.75) is 5.54 Å². The second kappa shape index (κ2) is 1.84. The van der Waals surface area contributed by atoms with Crippen molar-refractivity contribution in [3.8, 4) is 0 Å². The third kappa shape index (κ3) is 0.678. The zero-order valence-electron chi connectivity index (χ0n) is 5.54. The van der Waals surface area contributed by atoms with E-state index in [0.717, 1.165) is 5.56 Å². The maximum atomic E-state index is 5.88. The Morgan fingerprint density at radius 3 is 2.70 bits per heavy atom. The molecule has 2 N–H and O–H groups in total. The lowest BCUT2D eigenvalue weighted by atomic mass is 9.92. The highest BCUT2D eigenvalue weighted by atomic mass is 16.5. The van der Waals surface area contributed by atoms with Gasteiger partial charge in [-0.1, -0.05) is 0 Å². The topological polar surface area (TPSA) is 48.4 Å². The molecule has 1 aliphatic rings. The predicted octanol–water partition coefficient (Wildman–Crippen LogP) is 0.464. The molecule has 0 bridgehead atoms. The van der Waals surface area contributed by atoms with Gasteiger partial charge in [0, 0.05) is 5.56 Å². The number of hydrogen-bond donors (Lipinski definition) is 1. The molecule has 54 valence electrons. The summed E-state index contributed by atoms with van der Waals surface area (Å²) in [7, 11) is 0. The van der Waals surface area contributed by atoms with Gasteiger partial charge in [0.25, 0.3) is 0 Å². The second-order valence-electron chi connectivity index (χ2n) is 2.66. The predicted molar refractivity (Wildman–Crippen MR) is 35.4 cm³/mol. The molecule has 0 spiro atoms. The van der Waals surface area contributed by atoms with E-state index in [0.29, 0.717) is 13.2 Å². The highest BCUT2D eigenvalue weighted by molar-refractivity contribution is 5.21. The molecular formula is C7H9NO2. The summed E-state index contributed by atoms with van der Waals surface area (Å²) in [6.45, 7) is 1.21. The Morgan fingerprint density at radius 1 is 1.50 bits per heavy atom. The summed E-state index contributed by atoms with van der Waals surface area (Å²) in [5.74, 6) is 0. The number of ether oxygens (including phenoxy) is 1. The number of hydrogen-bond acceptors (Lipinski definition) is 3. The summed E-state index contributed by atoms with van der Waals surface area (Å²) >= 11 is 0. The van der Waals surface area contributed by atoms with Crippen molar-refractivity contribution in [2.75, 3.05) is 13.2 Å². The van der Waals surface area contributed by atoms with Crippen LogP contribution in [-0.4, -0.2) is 13.2 Å². The van der Waals surface area contributed by atoms with Crippen LogP contribution in [0.5, 0.6) is 0 Å². The smallest absolute Gasteiger partial charge is 0.0954 e. The minimum absolute atomic E-state index is 0.271. The lowest BCUT2D eigenvalue weighted by Crippen LogP contribution is -2.54. The molecule has 0 unspecified atom stereocenters. The zero-order valence-corrected chi connectivity index (χ0v) is 5.54. The first-order valence-corrected chi connectivity index (χ1v) is 3.21. The standard InChI is InChI=1S/C7H9NO2/c8-7(4-10-5-7)6-1-2-9-3-6/h1-3H,4-5,8H2. The highest BCUT2D eigenvalue weighted by Gasteiger charge is 2.36. The van der Waals surface area contributed by atoms with E-state index in [1.54, 1.807) is 12.5 Å². The zero-order chi connectivity index (χ0) is 7.03. The van der Waals surface area contributed by atoms with Gasteiger partial charge in [0.2, 0.25) is 0 Å². The molecule has 1 aromatic rings. The molecule has 0 saturated carbocycles. The molecule has 1 aromatic heterocycles. The molecule has 1 saturated heterocycles. The molecule has 0 amide bonds. The minimum Gasteiger partial charge on any atom is -0.472 e. The van der Waals surface area contributed by atoms with Crippen molar-refractivity contribution in [3.05, 3.63) is 24.2 Å². The fraction of sp³-hybridized carbons (Fsp3) is 0.429. The van der Waals surface area contributed by atoms with E-state index in [2.05, 4.69) is 0 Å². The van der Waals surface area contributed by atoms with Gasteiger partial charge >= 0.3 is 0 Å². The third-order valence-corrected chi connectivity index (χ3v) is 1.82.